The van der Waals surface area contributed by atoms with Crippen LogP contribution in [0.25, 0.3) is 0 Å². The third kappa shape index (κ3) is 2.79. The summed E-state index contributed by atoms with van der Waals surface area (Å²) in [6.45, 7) is 1.68. The number of benzene rings is 1. The van der Waals surface area contributed by atoms with Crippen molar-refractivity contribution in [2.45, 2.75) is 11.8 Å². The average Bonchev–Trinajstić information content (AvgIpc) is 2.16. The molecule has 0 heterocycles. The molecule has 4 nitrogen and oxygen atoms in total. The average molecular weight is 246 g/mol. The van der Waals surface area contributed by atoms with E-state index in [0.29, 0.717) is 0 Å². The molecule has 0 unspecified atom stereocenters. The molecule has 1 aromatic rings. The van der Waals surface area contributed by atoms with E-state index < -0.39 is 21.6 Å². The van der Waals surface area contributed by atoms with Crippen molar-refractivity contribution < 1.29 is 22.3 Å². The molecule has 0 atom stereocenters. The second-order valence-corrected chi connectivity index (χ2v) is 5.12. The van der Waals surface area contributed by atoms with Gasteiger partial charge in [-0.3, -0.25) is 0 Å². The minimum atomic E-state index is -3.58. The minimum Gasteiger partial charge on any atom is -0.462 e. The largest absolute Gasteiger partial charge is 0.462 e. The van der Waals surface area contributed by atoms with Crippen LogP contribution in [0.3, 0.4) is 0 Å². The smallest absolute Gasteiger partial charge is 0.339 e. The third-order valence-corrected chi connectivity index (χ3v) is 2.99. The van der Waals surface area contributed by atoms with Crippen LogP contribution in [0, 0.1) is 5.82 Å². The fourth-order valence-corrected chi connectivity index (χ4v) is 2.05. The fourth-order valence-electron chi connectivity index (χ4n) is 1.19. The van der Waals surface area contributed by atoms with Gasteiger partial charge in [0.05, 0.1) is 17.1 Å². The zero-order valence-corrected chi connectivity index (χ0v) is 9.67. The lowest BCUT2D eigenvalue weighted by Gasteiger charge is -2.07. The van der Waals surface area contributed by atoms with Crippen molar-refractivity contribution in [3.8, 4) is 0 Å². The summed E-state index contributed by atoms with van der Waals surface area (Å²) in [7, 11) is -3.58. The summed E-state index contributed by atoms with van der Waals surface area (Å²) in [5, 5.41) is 0. The van der Waals surface area contributed by atoms with Gasteiger partial charge < -0.3 is 4.74 Å². The lowest BCUT2D eigenvalue weighted by atomic mass is 10.2. The second kappa shape index (κ2) is 4.61. The van der Waals surface area contributed by atoms with Crippen molar-refractivity contribution >= 4 is 15.8 Å². The Hall–Kier alpha value is -1.43. The number of hydrogen-bond acceptors (Lipinski definition) is 4. The van der Waals surface area contributed by atoms with E-state index in [1.54, 1.807) is 6.92 Å². The highest BCUT2D eigenvalue weighted by Crippen LogP contribution is 2.18. The molecule has 0 saturated heterocycles. The summed E-state index contributed by atoms with van der Waals surface area (Å²) in [5.74, 6) is -1.53. The van der Waals surface area contributed by atoms with Crippen LogP contribution in [0.1, 0.15) is 17.3 Å². The van der Waals surface area contributed by atoms with Gasteiger partial charge in [-0.1, -0.05) is 0 Å². The maximum atomic E-state index is 12.9. The Kier molecular flexibility index (Phi) is 3.64. The zero-order valence-electron chi connectivity index (χ0n) is 8.86. The summed E-state index contributed by atoms with van der Waals surface area (Å²) in [6.07, 6.45) is 0.947. The van der Waals surface area contributed by atoms with Crippen LogP contribution >= 0.6 is 0 Å². The molecular formula is C10H11FO4S. The van der Waals surface area contributed by atoms with Crippen molar-refractivity contribution in [2.24, 2.45) is 0 Å². The van der Waals surface area contributed by atoms with Gasteiger partial charge in [-0.2, -0.15) is 0 Å². The standard InChI is InChI=1S/C10H11FO4S/c1-3-15-10(12)8-6-7(11)4-5-9(8)16(2,13)14/h4-6H,3H2,1-2H3. The fraction of sp³-hybridized carbons (Fsp3) is 0.300. The predicted molar refractivity (Wildman–Crippen MR) is 55.5 cm³/mol. The number of sulfone groups is 1. The summed E-state index contributed by atoms with van der Waals surface area (Å²) in [4.78, 5) is 11.2. The van der Waals surface area contributed by atoms with E-state index >= 15 is 0 Å². The highest BCUT2D eigenvalue weighted by atomic mass is 32.2. The maximum Gasteiger partial charge on any atom is 0.339 e. The molecule has 0 bridgehead atoms. The first-order chi connectivity index (χ1) is 7.36. The number of esters is 1. The first kappa shape index (κ1) is 12.6. The van der Waals surface area contributed by atoms with Crippen molar-refractivity contribution in [1.29, 1.82) is 0 Å². The Morgan fingerprint density at radius 3 is 2.56 bits per heavy atom. The molecule has 0 aliphatic carbocycles. The zero-order chi connectivity index (χ0) is 12.3. The van der Waals surface area contributed by atoms with Crippen molar-refractivity contribution in [1.82, 2.24) is 0 Å². The Morgan fingerprint density at radius 2 is 2.06 bits per heavy atom. The Morgan fingerprint density at radius 1 is 1.44 bits per heavy atom. The van der Waals surface area contributed by atoms with Gasteiger partial charge in [-0.25, -0.2) is 17.6 Å². The molecule has 0 spiro atoms. The molecule has 6 heteroatoms. The third-order valence-electron chi connectivity index (χ3n) is 1.84. The molecule has 0 aliphatic heterocycles. The Labute approximate surface area is 93.0 Å². The molecule has 0 saturated carbocycles. The van der Waals surface area contributed by atoms with Gasteiger partial charge in [-0.05, 0) is 25.1 Å². The first-order valence-corrected chi connectivity index (χ1v) is 6.42. The second-order valence-electron chi connectivity index (χ2n) is 3.13. The molecule has 0 aliphatic rings. The molecule has 0 N–H and O–H groups in total. The number of rotatable bonds is 3. The highest BCUT2D eigenvalue weighted by molar-refractivity contribution is 7.90. The van der Waals surface area contributed by atoms with Crippen LogP contribution < -0.4 is 0 Å². The van der Waals surface area contributed by atoms with Crippen LogP contribution in [0.5, 0.6) is 0 Å². The van der Waals surface area contributed by atoms with Crippen LogP contribution in [-0.2, 0) is 14.6 Å². The maximum absolute atomic E-state index is 12.9. The lowest BCUT2D eigenvalue weighted by Crippen LogP contribution is -2.11. The van der Waals surface area contributed by atoms with E-state index in [1.807, 2.05) is 0 Å². The van der Waals surface area contributed by atoms with E-state index in [-0.39, 0.29) is 17.1 Å². The van der Waals surface area contributed by atoms with E-state index in [4.69, 9.17) is 0 Å². The molecule has 0 radical (unpaired) electrons. The van der Waals surface area contributed by atoms with E-state index in [0.717, 1.165) is 24.5 Å². The summed E-state index contributed by atoms with van der Waals surface area (Å²) in [5.41, 5.74) is -0.274. The van der Waals surface area contributed by atoms with Crippen molar-refractivity contribution in [3.63, 3.8) is 0 Å². The SMILES string of the molecule is CCOC(=O)c1cc(F)ccc1S(C)(=O)=O. The van der Waals surface area contributed by atoms with E-state index in [1.165, 1.54) is 0 Å². The van der Waals surface area contributed by atoms with Crippen LogP contribution in [0.2, 0.25) is 0 Å². The van der Waals surface area contributed by atoms with E-state index in [9.17, 15) is 17.6 Å². The molecular weight excluding hydrogens is 235 g/mol. The number of hydrogen-bond donors (Lipinski definition) is 0. The van der Waals surface area contributed by atoms with Gasteiger partial charge in [0.1, 0.15) is 5.82 Å². The number of carbonyl (C=O) groups excluding carboxylic acids is 1. The highest BCUT2D eigenvalue weighted by Gasteiger charge is 2.20. The summed E-state index contributed by atoms with van der Waals surface area (Å²) < 4.78 is 40.3. The first-order valence-electron chi connectivity index (χ1n) is 4.53. The molecule has 1 rings (SSSR count). The van der Waals surface area contributed by atoms with Crippen LogP contribution in [0.15, 0.2) is 23.1 Å². The normalized spacial score (nSPS) is 11.2. The van der Waals surface area contributed by atoms with Gasteiger partial charge in [0.15, 0.2) is 9.84 Å². The van der Waals surface area contributed by atoms with Gasteiger partial charge in [0.25, 0.3) is 0 Å². The van der Waals surface area contributed by atoms with Crippen LogP contribution in [0.4, 0.5) is 4.39 Å². The number of halogens is 1. The molecule has 1 aromatic carbocycles. The van der Waals surface area contributed by atoms with Crippen LogP contribution in [-0.4, -0.2) is 27.2 Å². The molecule has 0 amide bonds. The predicted octanol–water partition coefficient (Wildman–Crippen LogP) is 1.41. The molecule has 0 fully saturated rings. The Bertz CT molecular complexity index is 508. The summed E-state index contributed by atoms with van der Waals surface area (Å²) in [6, 6.07) is 2.89. The molecule has 0 aromatic heterocycles. The lowest BCUT2D eigenvalue weighted by molar-refractivity contribution is 0.0521. The van der Waals surface area contributed by atoms with Gasteiger partial charge in [-0.15, -0.1) is 0 Å². The molecule has 16 heavy (non-hydrogen) atoms. The number of ether oxygens (including phenoxy) is 1. The monoisotopic (exact) mass is 246 g/mol. The van der Waals surface area contributed by atoms with Gasteiger partial charge >= 0.3 is 5.97 Å². The van der Waals surface area contributed by atoms with Gasteiger partial charge in [0, 0.05) is 6.26 Å². The van der Waals surface area contributed by atoms with Crippen molar-refractivity contribution in [2.75, 3.05) is 12.9 Å². The molecule has 88 valence electrons. The number of carbonyl (C=O) groups is 1. The quantitative estimate of drug-likeness (QED) is 0.597. The van der Waals surface area contributed by atoms with Crippen molar-refractivity contribution in [3.05, 3.63) is 29.6 Å². The Balaban J connectivity index is 3.35. The topological polar surface area (TPSA) is 60.4 Å². The van der Waals surface area contributed by atoms with E-state index in [2.05, 4.69) is 4.74 Å². The van der Waals surface area contributed by atoms with Gasteiger partial charge in [0.2, 0.25) is 0 Å². The minimum absolute atomic E-state index is 0.0958. The summed E-state index contributed by atoms with van der Waals surface area (Å²) >= 11 is 0.